The lowest BCUT2D eigenvalue weighted by Crippen LogP contribution is -2.73. The first-order chi connectivity index (χ1) is 21.1. The molecule has 0 aliphatic rings. The van der Waals surface area contributed by atoms with Crippen LogP contribution in [0.25, 0.3) is 0 Å². The fraction of sp³-hybridized carbons (Fsp3) is 0.345. The molecule has 0 amide bonds. The van der Waals surface area contributed by atoms with Gasteiger partial charge in [0.1, 0.15) is 0 Å². The molecule has 18 heteroatoms. The van der Waals surface area contributed by atoms with E-state index in [1.807, 2.05) is 0 Å². The van der Waals surface area contributed by atoms with Crippen molar-refractivity contribution in [3.8, 4) is 0 Å². The number of halogens is 15. The van der Waals surface area contributed by atoms with E-state index in [4.69, 9.17) is 4.18 Å². The molecule has 0 aliphatic carbocycles. The van der Waals surface area contributed by atoms with Gasteiger partial charge in [-0.1, -0.05) is 53.1 Å². The number of hydrogen-bond acceptors (Lipinski definition) is 2. The molecule has 0 unspecified atom stereocenters. The molecule has 0 aromatic heterocycles. The van der Waals surface area contributed by atoms with Gasteiger partial charge in [-0.05, 0) is 67.5 Å². The molecule has 3 rings (SSSR count). The minimum Gasteiger partial charge on any atom is -0.397 e. The van der Waals surface area contributed by atoms with E-state index in [-0.39, 0.29) is 14.7 Å². The summed E-state index contributed by atoms with van der Waals surface area (Å²) in [5.41, 5.74) is 1.53. The average molecular weight is 719 g/mol. The van der Waals surface area contributed by atoms with Crippen molar-refractivity contribution in [2.45, 2.75) is 77.2 Å². The number of carbonyl (C=O) groups excluding carboxylic acids is 1. The van der Waals surface area contributed by atoms with Crippen LogP contribution >= 0.6 is 10.3 Å². The molecule has 0 bridgehead atoms. The lowest BCUT2D eigenvalue weighted by atomic mass is 9.91. The summed E-state index contributed by atoms with van der Waals surface area (Å²) in [6.45, 7) is 4.62. The molecule has 0 atom stereocenters. The van der Waals surface area contributed by atoms with Gasteiger partial charge in [0.25, 0.3) is 0 Å². The second-order valence-electron chi connectivity index (χ2n) is 10.3. The Balaban J connectivity index is 2.28. The van der Waals surface area contributed by atoms with E-state index in [2.05, 4.69) is 0 Å². The largest absolute Gasteiger partial charge is 0.460 e. The van der Waals surface area contributed by atoms with Crippen LogP contribution in [0, 0.1) is 20.8 Å². The van der Waals surface area contributed by atoms with E-state index in [0.717, 1.165) is 36.4 Å². The van der Waals surface area contributed by atoms with Gasteiger partial charge in [0.05, 0.1) is 0 Å². The molecule has 0 saturated carbocycles. The highest BCUT2D eigenvalue weighted by Gasteiger charge is 2.94. The van der Waals surface area contributed by atoms with Gasteiger partial charge in [-0.25, -0.2) is 4.79 Å². The van der Waals surface area contributed by atoms with Crippen LogP contribution in [0.1, 0.15) is 16.7 Å². The number of rotatable bonds is 10. The number of aryl methyl sites for hydroxylation is 3. The van der Waals surface area contributed by atoms with Gasteiger partial charge in [0.2, 0.25) is 0 Å². The molecule has 0 spiro atoms. The summed E-state index contributed by atoms with van der Waals surface area (Å²) >= 11 is 0. The topological polar surface area (TPSA) is 26.3 Å². The van der Waals surface area contributed by atoms with Crippen LogP contribution in [0.5, 0.6) is 0 Å². The minimum absolute atomic E-state index is 0.239. The zero-order chi connectivity index (χ0) is 36.2. The average Bonchev–Trinajstić information content (AvgIpc) is 2.96. The van der Waals surface area contributed by atoms with Crippen molar-refractivity contribution >= 4 is 16.3 Å². The summed E-state index contributed by atoms with van der Waals surface area (Å²) in [6.07, 6.45) is -7.74. The van der Waals surface area contributed by atoms with Crippen molar-refractivity contribution in [1.29, 1.82) is 0 Å². The molecule has 0 fully saturated rings. The SMILES string of the molecule is Cc1ccc(S(OC(=O)C(F)(F)C(F)(F)C(F)(F)C(F)(F)C(F)(F)C(F)(F)C(F)(F)F)(c2ccc(C)cc2)c2ccc(C)cc2)cc1. The van der Waals surface area contributed by atoms with Crippen molar-refractivity contribution < 1.29 is 74.8 Å². The van der Waals surface area contributed by atoms with E-state index in [1.54, 1.807) is 20.8 Å². The molecule has 0 saturated heterocycles. The zero-order valence-corrected chi connectivity index (χ0v) is 24.6. The Morgan fingerprint density at radius 2 is 0.702 bits per heavy atom. The van der Waals surface area contributed by atoms with Crippen molar-refractivity contribution in [2.24, 2.45) is 0 Å². The van der Waals surface area contributed by atoms with Crippen molar-refractivity contribution in [2.75, 3.05) is 0 Å². The number of carbonyl (C=O) groups is 1. The number of alkyl halides is 15. The molecular formula is C29H21F15O2S. The van der Waals surface area contributed by atoms with E-state index < -0.39 is 58.0 Å². The van der Waals surface area contributed by atoms with Crippen molar-refractivity contribution in [3.05, 3.63) is 89.5 Å². The molecule has 0 heterocycles. The molecule has 47 heavy (non-hydrogen) atoms. The fourth-order valence-corrected chi connectivity index (χ4v) is 7.00. The summed E-state index contributed by atoms with van der Waals surface area (Å²) in [5, 5.41) is 0. The molecule has 260 valence electrons. The smallest absolute Gasteiger partial charge is 0.397 e. The first-order valence-corrected chi connectivity index (χ1v) is 14.3. The van der Waals surface area contributed by atoms with Crippen LogP contribution in [-0.4, -0.2) is 47.7 Å². The predicted molar refractivity (Wildman–Crippen MR) is 138 cm³/mol. The van der Waals surface area contributed by atoms with Gasteiger partial charge in [-0.2, -0.15) is 65.9 Å². The summed E-state index contributed by atoms with van der Waals surface area (Å²) in [6, 6.07) is 15.0. The second-order valence-corrected chi connectivity index (χ2v) is 13.0. The number of hydrogen-bond donors (Lipinski definition) is 0. The summed E-state index contributed by atoms with van der Waals surface area (Å²) < 4.78 is 213. The van der Waals surface area contributed by atoms with Gasteiger partial charge in [0, 0.05) is 14.7 Å². The standard InChI is InChI=1S/C29H21F15O2S/c1-16-4-10-19(11-5-16)47(20-12-6-17(2)7-13-20,21-14-8-18(3)9-15-21)46-22(45)23(30,31)24(32,33)25(34,35)26(36,37)27(38,39)28(40,41)29(42,43)44/h4-15H,1-3H3. The molecule has 0 N–H and O–H groups in total. The van der Waals surface area contributed by atoms with Gasteiger partial charge >= 0.3 is 47.7 Å². The maximum absolute atomic E-state index is 15.1. The highest BCUT2D eigenvalue weighted by molar-refractivity contribution is 8.30. The highest BCUT2D eigenvalue weighted by Crippen LogP contribution is 2.70. The van der Waals surface area contributed by atoms with Gasteiger partial charge in [0.15, 0.2) is 0 Å². The van der Waals surface area contributed by atoms with Crippen LogP contribution in [-0.2, 0) is 8.98 Å². The molecular weight excluding hydrogens is 697 g/mol. The van der Waals surface area contributed by atoms with Crippen molar-refractivity contribution in [3.63, 3.8) is 0 Å². The van der Waals surface area contributed by atoms with Crippen LogP contribution < -0.4 is 0 Å². The van der Waals surface area contributed by atoms with E-state index in [1.165, 1.54) is 36.4 Å². The third-order valence-corrected chi connectivity index (χ3v) is 10.1. The minimum atomic E-state index is -8.54. The van der Waals surface area contributed by atoms with Gasteiger partial charge in [-0.3, -0.25) is 0 Å². The zero-order valence-electron chi connectivity index (χ0n) is 23.8. The third kappa shape index (κ3) is 5.79. The van der Waals surface area contributed by atoms with E-state index >= 15 is 8.78 Å². The molecule has 0 aliphatic heterocycles. The highest BCUT2D eigenvalue weighted by atomic mass is 32.3. The van der Waals surface area contributed by atoms with Crippen LogP contribution in [0.3, 0.4) is 0 Å². The summed E-state index contributed by atoms with van der Waals surface area (Å²) in [5.74, 6) is -52.6. The third-order valence-electron chi connectivity index (χ3n) is 6.84. The Kier molecular flexibility index (Phi) is 9.54. The Hall–Kier alpha value is -3.57. The first kappa shape index (κ1) is 37.9. The fourth-order valence-electron chi connectivity index (χ4n) is 4.00. The van der Waals surface area contributed by atoms with Gasteiger partial charge < -0.3 is 4.18 Å². The maximum Gasteiger partial charge on any atom is 0.460 e. The van der Waals surface area contributed by atoms with E-state index in [9.17, 15) is 61.9 Å². The lowest BCUT2D eigenvalue weighted by molar-refractivity contribution is -0.450. The van der Waals surface area contributed by atoms with Crippen LogP contribution in [0.2, 0.25) is 0 Å². The number of benzene rings is 3. The Morgan fingerprint density at radius 3 is 0.979 bits per heavy atom. The van der Waals surface area contributed by atoms with Gasteiger partial charge in [-0.15, -0.1) is 0 Å². The predicted octanol–water partition coefficient (Wildman–Crippen LogP) is 10.7. The second kappa shape index (κ2) is 11.8. The monoisotopic (exact) mass is 718 g/mol. The summed E-state index contributed by atoms with van der Waals surface area (Å²) in [7, 11) is -4.09. The Morgan fingerprint density at radius 1 is 0.447 bits per heavy atom. The molecule has 3 aromatic rings. The van der Waals surface area contributed by atoms with Crippen LogP contribution in [0.15, 0.2) is 87.5 Å². The Labute approximate surface area is 258 Å². The van der Waals surface area contributed by atoms with Crippen LogP contribution in [0.4, 0.5) is 65.9 Å². The molecule has 2 nitrogen and oxygen atoms in total. The normalized spacial score (nSPS) is 14.6. The van der Waals surface area contributed by atoms with Crippen molar-refractivity contribution in [1.82, 2.24) is 0 Å². The molecule has 0 radical (unpaired) electrons. The van der Waals surface area contributed by atoms with E-state index in [0.29, 0.717) is 16.7 Å². The lowest BCUT2D eigenvalue weighted by Gasteiger charge is -2.43. The maximum atomic E-state index is 15.1. The quantitative estimate of drug-likeness (QED) is 0.195. The molecule has 3 aromatic carbocycles. The first-order valence-electron chi connectivity index (χ1n) is 12.7. The summed E-state index contributed by atoms with van der Waals surface area (Å²) in [4.78, 5) is 12.2. The Bertz CT molecular complexity index is 1470.